The molecular weight excluding hydrogens is 378 g/mol. The Labute approximate surface area is 177 Å². The zero-order valence-electron chi connectivity index (χ0n) is 17.9. The van der Waals surface area contributed by atoms with Gasteiger partial charge in [0.2, 0.25) is 0 Å². The number of likely N-dealkylation sites (N-methyl/N-ethyl adjacent to an activating group) is 1. The van der Waals surface area contributed by atoms with Crippen molar-refractivity contribution < 1.29 is 9.53 Å². The smallest absolute Gasteiger partial charge is 0.255 e. The predicted octanol–water partition coefficient (Wildman–Crippen LogP) is 3.06. The van der Waals surface area contributed by atoms with Crippen LogP contribution in [0.3, 0.4) is 0 Å². The van der Waals surface area contributed by atoms with Crippen LogP contribution in [0.1, 0.15) is 23.1 Å². The van der Waals surface area contributed by atoms with Gasteiger partial charge in [0.1, 0.15) is 11.6 Å². The average molecular weight is 408 g/mol. The number of aryl methyl sites for hydroxylation is 1. The summed E-state index contributed by atoms with van der Waals surface area (Å²) < 4.78 is 7.42. The van der Waals surface area contributed by atoms with E-state index in [-0.39, 0.29) is 5.91 Å². The van der Waals surface area contributed by atoms with E-state index in [4.69, 9.17) is 9.72 Å². The number of ether oxygens (including phenoxy) is 1. The number of fused-ring (bicyclic) bond motifs is 1. The fourth-order valence-corrected chi connectivity index (χ4v) is 3.88. The molecule has 0 atom stereocenters. The molecule has 3 aromatic rings. The summed E-state index contributed by atoms with van der Waals surface area (Å²) in [5.74, 6) is 1.66. The van der Waals surface area contributed by atoms with Crippen LogP contribution in [0.5, 0.6) is 5.75 Å². The number of aromatic nitrogens is 2. The van der Waals surface area contributed by atoms with Crippen LogP contribution in [0, 0.1) is 0 Å². The van der Waals surface area contributed by atoms with Crippen molar-refractivity contribution in [3.05, 3.63) is 53.9 Å². The predicted molar refractivity (Wildman–Crippen MR) is 119 cm³/mol. The van der Waals surface area contributed by atoms with Crippen molar-refractivity contribution in [3.63, 3.8) is 0 Å². The van der Waals surface area contributed by atoms with Crippen LogP contribution in [0.15, 0.2) is 42.5 Å². The highest BCUT2D eigenvalue weighted by Crippen LogP contribution is 2.23. The molecule has 1 fully saturated rings. The number of amides is 1. The highest BCUT2D eigenvalue weighted by atomic mass is 16.5. The second kappa shape index (κ2) is 8.85. The van der Waals surface area contributed by atoms with Gasteiger partial charge in [0.05, 0.1) is 24.7 Å². The van der Waals surface area contributed by atoms with E-state index >= 15 is 0 Å². The molecule has 0 bridgehead atoms. The van der Waals surface area contributed by atoms with Gasteiger partial charge >= 0.3 is 0 Å². The van der Waals surface area contributed by atoms with E-state index in [0.29, 0.717) is 5.56 Å². The number of rotatable bonds is 6. The number of imidazole rings is 1. The van der Waals surface area contributed by atoms with Gasteiger partial charge < -0.3 is 19.5 Å². The number of nitrogens with one attached hydrogen (secondary N) is 1. The van der Waals surface area contributed by atoms with Gasteiger partial charge in [-0.3, -0.25) is 9.69 Å². The first kappa shape index (κ1) is 20.4. The molecule has 0 spiro atoms. The molecule has 0 aliphatic carbocycles. The monoisotopic (exact) mass is 407 g/mol. The van der Waals surface area contributed by atoms with Crippen LogP contribution >= 0.6 is 0 Å². The number of nitrogens with zero attached hydrogens (tertiary/aromatic N) is 4. The average Bonchev–Trinajstić information content (AvgIpc) is 3.11. The Morgan fingerprint density at radius 3 is 2.50 bits per heavy atom. The molecule has 4 rings (SSSR count). The fraction of sp³-hybridized carbons (Fsp3) is 0.391. The maximum Gasteiger partial charge on any atom is 0.255 e. The lowest BCUT2D eigenvalue weighted by molar-refractivity contribution is 0.102. The molecule has 7 heteroatoms. The number of methoxy groups -OCH3 is 1. The van der Waals surface area contributed by atoms with Crippen LogP contribution in [-0.2, 0) is 13.1 Å². The Morgan fingerprint density at radius 2 is 1.83 bits per heavy atom. The summed E-state index contributed by atoms with van der Waals surface area (Å²) in [4.78, 5) is 22.3. The van der Waals surface area contributed by atoms with Crippen molar-refractivity contribution in [2.45, 2.75) is 20.0 Å². The van der Waals surface area contributed by atoms with Gasteiger partial charge in [-0.1, -0.05) is 0 Å². The van der Waals surface area contributed by atoms with E-state index in [9.17, 15) is 4.79 Å². The van der Waals surface area contributed by atoms with Crippen molar-refractivity contribution in [3.8, 4) is 5.75 Å². The summed E-state index contributed by atoms with van der Waals surface area (Å²) in [6.07, 6.45) is 0. The number of anilines is 1. The maximum atomic E-state index is 12.6. The van der Waals surface area contributed by atoms with E-state index in [0.717, 1.165) is 67.6 Å². The Kier molecular flexibility index (Phi) is 6.01. The number of carbonyl (C=O) groups is 1. The number of benzene rings is 2. The van der Waals surface area contributed by atoms with Crippen molar-refractivity contribution in [2.24, 2.45) is 0 Å². The molecule has 0 unspecified atom stereocenters. The van der Waals surface area contributed by atoms with Crippen molar-refractivity contribution in [2.75, 3.05) is 45.7 Å². The molecular formula is C23H29N5O2. The Bertz CT molecular complexity index is 1020. The lowest BCUT2D eigenvalue weighted by Gasteiger charge is -2.32. The van der Waals surface area contributed by atoms with Crippen LogP contribution in [-0.4, -0.2) is 65.6 Å². The molecule has 0 saturated carbocycles. The fourth-order valence-electron chi connectivity index (χ4n) is 3.88. The zero-order chi connectivity index (χ0) is 21.1. The normalized spacial score (nSPS) is 15.4. The molecule has 30 heavy (non-hydrogen) atoms. The van der Waals surface area contributed by atoms with Gasteiger partial charge in [-0.25, -0.2) is 4.98 Å². The first-order valence-electron chi connectivity index (χ1n) is 10.4. The Hall–Kier alpha value is -2.90. The first-order chi connectivity index (χ1) is 14.6. The summed E-state index contributed by atoms with van der Waals surface area (Å²) in [6, 6.07) is 13.0. The zero-order valence-corrected chi connectivity index (χ0v) is 17.9. The van der Waals surface area contributed by atoms with Crippen LogP contribution in [0.4, 0.5) is 5.69 Å². The number of hydrogen-bond donors (Lipinski definition) is 1. The third-order valence-corrected chi connectivity index (χ3v) is 5.71. The minimum absolute atomic E-state index is 0.149. The van der Waals surface area contributed by atoms with Crippen LogP contribution in [0.25, 0.3) is 11.0 Å². The first-order valence-corrected chi connectivity index (χ1v) is 10.4. The van der Waals surface area contributed by atoms with Gasteiger partial charge in [0.15, 0.2) is 0 Å². The van der Waals surface area contributed by atoms with Crippen molar-refractivity contribution in [1.29, 1.82) is 0 Å². The molecule has 158 valence electrons. The second-order valence-electron chi connectivity index (χ2n) is 7.74. The Morgan fingerprint density at radius 1 is 1.10 bits per heavy atom. The summed E-state index contributed by atoms with van der Waals surface area (Å²) in [5.41, 5.74) is 3.35. The van der Waals surface area contributed by atoms with Gasteiger partial charge in [-0.15, -0.1) is 0 Å². The van der Waals surface area contributed by atoms with Gasteiger partial charge in [-0.2, -0.15) is 0 Å². The van der Waals surface area contributed by atoms with Crippen LogP contribution in [0.2, 0.25) is 0 Å². The van der Waals surface area contributed by atoms with Crippen LogP contribution < -0.4 is 10.1 Å². The highest BCUT2D eigenvalue weighted by Gasteiger charge is 2.18. The van der Waals surface area contributed by atoms with Crippen molar-refractivity contribution in [1.82, 2.24) is 19.4 Å². The highest BCUT2D eigenvalue weighted by molar-refractivity contribution is 6.05. The second-order valence-corrected chi connectivity index (χ2v) is 7.74. The van der Waals surface area contributed by atoms with Gasteiger partial charge in [0.25, 0.3) is 5.91 Å². The number of carbonyl (C=O) groups excluding carboxylic acids is 1. The third kappa shape index (κ3) is 4.32. The summed E-state index contributed by atoms with van der Waals surface area (Å²) >= 11 is 0. The van der Waals surface area contributed by atoms with E-state index in [1.54, 1.807) is 31.4 Å². The summed E-state index contributed by atoms with van der Waals surface area (Å²) in [7, 11) is 3.78. The van der Waals surface area contributed by atoms with E-state index in [2.05, 4.69) is 33.7 Å². The molecule has 0 radical (unpaired) electrons. The Balaban J connectivity index is 1.52. The standard InChI is InChI=1S/C23H29N5O2/c1-4-28-21-10-7-18(24-23(29)17-5-8-19(30-3)9-6-17)15-20(21)25-22(28)16-27-13-11-26(2)12-14-27/h5-10,15H,4,11-14,16H2,1-3H3,(H,24,29). The quantitative estimate of drug-likeness (QED) is 0.680. The topological polar surface area (TPSA) is 62.6 Å². The summed E-state index contributed by atoms with van der Waals surface area (Å²) in [5, 5.41) is 2.98. The van der Waals surface area contributed by atoms with E-state index < -0.39 is 0 Å². The van der Waals surface area contributed by atoms with Gasteiger partial charge in [-0.05, 0) is 56.4 Å². The molecule has 1 N–H and O–H groups in total. The molecule has 1 aliphatic heterocycles. The molecule has 1 aromatic heterocycles. The molecule has 1 saturated heterocycles. The van der Waals surface area contributed by atoms with Gasteiger partial charge in [0, 0.05) is 44.0 Å². The van der Waals surface area contributed by atoms with E-state index in [1.807, 2.05) is 18.2 Å². The number of hydrogen-bond acceptors (Lipinski definition) is 5. The SMILES string of the molecule is CCn1c(CN2CCN(C)CC2)nc2cc(NC(=O)c3ccc(OC)cc3)ccc21. The summed E-state index contributed by atoms with van der Waals surface area (Å²) in [6.45, 7) is 8.18. The lowest BCUT2D eigenvalue weighted by atomic mass is 10.2. The lowest BCUT2D eigenvalue weighted by Crippen LogP contribution is -2.44. The third-order valence-electron chi connectivity index (χ3n) is 5.71. The largest absolute Gasteiger partial charge is 0.497 e. The molecule has 1 amide bonds. The molecule has 2 heterocycles. The molecule has 1 aliphatic rings. The van der Waals surface area contributed by atoms with Crippen molar-refractivity contribution >= 4 is 22.6 Å². The minimum atomic E-state index is -0.149. The maximum absolute atomic E-state index is 12.6. The minimum Gasteiger partial charge on any atom is -0.497 e. The number of piperazine rings is 1. The molecule has 2 aromatic carbocycles. The van der Waals surface area contributed by atoms with E-state index in [1.165, 1.54) is 0 Å². The molecule has 7 nitrogen and oxygen atoms in total.